The van der Waals surface area contributed by atoms with Crippen molar-refractivity contribution in [1.82, 2.24) is 0 Å². The van der Waals surface area contributed by atoms with Crippen molar-refractivity contribution in [3.05, 3.63) is 29.8 Å². The molecule has 1 heterocycles. The van der Waals surface area contributed by atoms with Crippen LogP contribution in [0.5, 0.6) is 0 Å². The second-order valence-corrected chi connectivity index (χ2v) is 5.64. The van der Waals surface area contributed by atoms with Crippen molar-refractivity contribution in [1.29, 1.82) is 0 Å². The lowest BCUT2D eigenvalue weighted by Crippen LogP contribution is -2.31. The maximum atomic E-state index is 12.1. The summed E-state index contributed by atoms with van der Waals surface area (Å²) in [7, 11) is 0. The molecular weight excluding hydrogens is 244 g/mol. The fourth-order valence-electron chi connectivity index (χ4n) is 2.09. The molecule has 1 aromatic rings. The average molecular weight is 264 g/mol. The molecule has 1 unspecified atom stereocenters. The summed E-state index contributed by atoms with van der Waals surface area (Å²) < 4.78 is 0. The minimum absolute atomic E-state index is 0.202. The number of hydrogen-bond donors (Lipinski definition) is 1. The van der Waals surface area contributed by atoms with Crippen LogP contribution in [0.15, 0.2) is 24.3 Å². The number of hydrogen-bond acceptors (Lipinski definition) is 3. The summed E-state index contributed by atoms with van der Waals surface area (Å²) in [6.45, 7) is 2.89. The summed E-state index contributed by atoms with van der Waals surface area (Å²) in [4.78, 5) is 14.0. The highest BCUT2D eigenvalue weighted by Gasteiger charge is 2.23. The number of nitrogens with two attached hydrogens (primary N) is 1. The second-order valence-electron chi connectivity index (χ2n) is 4.61. The first-order valence-corrected chi connectivity index (χ1v) is 7.59. The molecule has 98 valence electrons. The molecule has 1 amide bonds. The van der Waals surface area contributed by atoms with Crippen LogP contribution in [0.4, 0.5) is 5.69 Å². The van der Waals surface area contributed by atoms with Crippen LogP contribution in [0.25, 0.3) is 0 Å². The van der Waals surface area contributed by atoms with Gasteiger partial charge in [0.25, 0.3) is 0 Å². The molecular formula is C14H20N2OS. The van der Waals surface area contributed by atoms with E-state index in [1.54, 1.807) is 11.8 Å². The second kappa shape index (κ2) is 6.25. The Morgan fingerprint density at radius 2 is 2.28 bits per heavy atom. The number of para-hydroxylation sites is 1. The third-order valence-electron chi connectivity index (χ3n) is 3.27. The van der Waals surface area contributed by atoms with Gasteiger partial charge in [-0.05, 0) is 24.5 Å². The molecule has 0 saturated heterocycles. The Morgan fingerprint density at radius 1 is 1.50 bits per heavy atom. The van der Waals surface area contributed by atoms with Gasteiger partial charge < -0.3 is 10.6 Å². The first-order valence-electron chi connectivity index (χ1n) is 6.44. The molecule has 1 aromatic carbocycles. The standard InChI is InChI=1S/C14H20N2OS/c1-2-12(15)9-18-10-14(17)16-8-7-11-5-3-4-6-13(11)16/h3-6,12H,2,7-10,15H2,1H3. The van der Waals surface area contributed by atoms with Crippen molar-refractivity contribution < 1.29 is 4.79 Å². The lowest BCUT2D eigenvalue weighted by molar-refractivity contribution is -0.116. The SMILES string of the molecule is CCC(N)CSCC(=O)N1CCc2ccccc21. The van der Waals surface area contributed by atoms with Crippen LogP contribution in [0.2, 0.25) is 0 Å². The molecule has 1 aliphatic heterocycles. The Kier molecular flexibility index (Phi) is 4.66. The van der Waals surface area contributed by atoms with E-state index in [1.165, 1.54) is 5.56 Å². The molecule has 4 heteroatoms. The number of thioether (sulfide) groups is 1. The van der Waals surface area contributed by atoms with E-state index in [1.807, 2.05) is 23.1 Å². The summed E-state index contributed by atoms with van der Waals surface area (Å²) >= 11 is 1.64. The molecule has 1 aliphatic rings. The summed E-state index contributed by atoms with van der Waals surface area (Å²) in [5.41, 5.74) is 8.21. The number of rotatable bonds is 5. The molecule has 0 radical (unpaired) electrons. The molecule has 2 N–H and O–H groups in total. The first kappa shape index (κ1) is 13.4. The predicted molar refractivity (Wildman–Crippen MR) is 78.1 cm³/mol. The minimum atomic E-state index is 0.202. The number of anilines is 1. The zero-order valence-electron chi connectivity index (χ0n) is 10.8. The quantitative estimate of drug-likeness (QED) is 0.885. The van der Waals surface area contributed by atoms with Crippen molar-refractivity contribution in [2.24, 2.45) is 5.73 Å². The van der Waals surface area contributed by atoms with E-state index >= 15 is 0 Å². The molecule has 0 spiro atoms. The van der Waals surface area contributed by atoms with Gasteiger partial charge >= 0.3 is 0 Å². The summed E-state index contributed by atoms with van der Waals surface area (Å²) in [5, 5.41) is 0. The third-order valence-corrected chi connectivity index (χ3v) is 4.38. The molecule has 0 aromatic heterocycles. The van der Waals surface area contributed by atoms with Crippen LogP contribution >= 0.6 is 11.8 Å². The van der Waals surface area contributed by atoms with Gasteiger partial charge in [-0.2, -0.15) is 11.8 Å². The minimum Gasteiger partial charge on any atom is -0.327 e. The Hall–Kier alpha value is -1.00. The van der Waals surface area contributed by atoms with Crippen LogP contribution in [0.3, 0.4) is 0 Å². The van der Waals surface area contributed by atoms with Crippen LogP contribution in [-0.2, 0) is 11.2 Å². The topological polar surface area (TPSA) is 46.3 Å². The molecule has 0 fully saturated rings. The number of benzene rings is 1. The van der Waals surface area contributed by atoms with Gasteiger partial charge in [0.1, 0.15) is 0 Å². The van der Waals surface area contributed by atoms with Crippen LogP contribution in [-0.4, -0.2) is 30.0 Å². The number of carbonyl (C=O) groups excluding carboxylic acids is 1. The monoisotopic (exact) mass is 264 g/mol. The van der Waals surface area contributed by atoms with Crippen LogP contribution < -0.4 is 10.6 Å². The predicted octanol–water partition coefficient (Wildman–Crippen LogP) is 2.05. The molecule has 18 heavy (non-hydrogen) atoms. The highest BCUT2D eigenvalue weighted by atomic mass is 32.2. The zero-order valence-corrected chi connectivity index (χ0v) is 11.6. The molecule has 0 aliphatic carbocycles. The van der Waals surface area contributed by atoms with Gasteiger partial charge in [-0.15, -0.1) is 0 Å². The van der Waals surface area contributed by atoms with Crippen molar-refractivity contribution >= 4 is 23.4 Å². The van der Waals surface area contributed by atoms with Crippen molar-refractivity contribution in [2.75, 3.05) is 23.0 Å². The lowest BCUT2D eigenvalue weighted by atomic mass is 10.2. The Morgan fingerprint density at radius 3 is 3.06 bits per heavy atom. The van der Waals surface area contributed by atoms with Gasteiger partial charge in [-0.25, -0.2) is 0 Å². The molecule has 0 bridgehead atoms. The average Bonchev–Trinajstić information content (AvgIpc) is 2.82. The molecule has 3 nitrogen and oxygen atoms in total. The summed E-state index contributed by atoms with van der Waals surface area (Å²) in [5.74, 6) is 1.59. The normalized spacial score (nSPS) is 15.6. The summed E-state index contributed by atoms with van der Waals surface area (Å²) in [6.07, 6.45) is 1.94. The van der Waals surface area contributed by atoms with Gasteiger partial charge in [0.15, 0.2) is 0 Å². The fraction of sp³-hybridized carbons (Fsp3) is 0.500. The maximum Gasteiger partial charge on any atom is 0.236 e. The first-order chi connectivity index (χ1) is 8.72. The highest BCUT2D eigenvalue weighted by Crippen LogP contribution is 2.27. The van der Waals surface area contributed by atoms with E-state index < -0.39 is 0 Å². The largest absolute Gasteiger partial charge is 0.327 e. The van der Waals surface area contributed by atoms with E-state index in [4.69, 9.17) is 5.73 Å². The van der Waals surface area contributed by atoms with Crippen molar-refractivity contribution in [3.8, 4) is 0 Å². The van der Waals surface area contributed by atoms with E-state index in [0.717, 1.165) is 30.8 Å². The van der Waals surface area contributed by atoms with Crippen LogP contribution in [0, 0.1) is 0 Å². The van der Waals surface area contributed by atoms with Crippen LogP contribution in [0.1, 0.15) is 18.9 Å². The molecule has 1 atom stereocenters. The van der Waals surface area contributed by atoms with Gasteiger partial charge in [-0.3, -0.25) is 4.79 Å². The Bertz CT molecular complexity index is 422. The molecule has 2 rings (SSSR count). The number of nitrogens with zero attached hydrogens (tertiary/aromatic N) is 1. The lowest BCUT2D eigenvalue weighted by Gasteiger charge is -2.17. The smallest absolute Gasteiger partial charge is 0.236 e. The Balaban J connectivity index is 1.88. The van der Waals surface area contributed by atoms with Gasteiger partial charge in [0, 0.05) is 24.0 Å². The zero-order chi connectivity index (χ0) is 13.0. The number of fused-ring (bicyclic) bond motifs is 1. The third kappa shape index (κ3) is 3.06. The Labute approximate surface area is 113 Å². The summed E-state index contributed by atoms with van der Waals surface area (Å²) in [6, 6.07) is 8.35. The van der Waals surface area contributed by atoms with Gasteiger partial charge in [-0.1, -0.05) is 25.1 Å². The number of amides is 1. The highest BCUT2D eigenvalue weighted by molar-refractivity contribution is 8.00. The van der Waals surface area contributed by atoms with E-state index in [2.05, 4.69) is 13.0 Å². The van der Waals surface area contributed by atoms with E-state index in [-0.39, 0.29) is 11.9 Å². The maximum absolute atomic E-state index is 12.1. The van der Waals surface area contributed by atoms with E-state index in [9.17, 15) is 4.79 Å². The number of carbonyl (C=O) groups is 1. The fourth-order valence-corrected chi connectivity index (χ4v) is 3.08. The van der Waals surface area contributed by atoms with Crippen molar-refractivity contribution in [2.45, 2.75) is 25.8 Å². The molecule has 0 saturated carbocycles. The van der Waals surface area contributed by atoms with Gasteiger partial charge in [0.05, 0.1) is 5.75 Å². The van der Waals surface area contributed by atoms with Crippen molar-refractivity contribution in [3.63, 3.8) is 0 Å². The van der Waals surface area contributed by atoms with Gasteiger partial charge in [0.2, 0.25) is 5.91 Å². The van der Waals surface area contributed by atoms with E-state index in [0.29, 0.717) is 5.75 Å².